The Morgan fingerprint density at radius 3 is 2.67 bits per heavy atom. The molecule has 0 aliphatic carbocycles. The van der Waals surface area contributed by atoms with Crippen molar-refractivity contribution in [1.29, 1.82) is 0 Å². The molecule has 2 heterocycles. The summed E-state index contributed by atoms with van der Waals surface area (Å²) in [6, 6.07) is 17.4. The van der Waals surface area contributed by atoms with Crippen LogP contribution in [-0.2, 0) is 0 Å². The lowest BCUT2D eigenvalue weighted by atomic mass is 10.0. The van der Waals surface area contributed by atoms with Crippen LogP contribution in [0.5, 0.6) is 0 Å². The predicted molar refractivity (Wildman–Crippen MR) is 129 cm³/mol. The molecule has 0 saturated carbocycles. The SMILES string of the molecule is O=C(NN=C(C1=Nc2ccc(Cl)cc2NC1O)C(O)C=Cc1ccccc1)c1ccncc1. The van der Waals surface area contributed by atoms with Crippen LogP contribution >= 0.6 is 11.6 Å². The van der Waals surface area contributed by atoms with Gasteiger partial charge in [-0.25, -0.2) is 10.4 Å². The first-order valence-corrected chi connectivity index (χ1v) is 10.4. The maximum atomic E-state index is 12.5. The van der Waals surface area contributed by atoms with E-state index in [0.717, 1.165) is 5.56 Å². The van der Waals surface area contributed by atoms with Crippen molar-refractivity contribution in [2.75, 3.05) is 5.32 Å². The Hall–Kier alpha value is -3.85. The van der Waals surface area contributed by atoms with Crippen molar-refractivity contribution in [1.82, 2.24) is 10.4 Å². The molecule has 166 valence electrons. The number of carbonyl (C=O) groups excluding carboxylic acids is 1. The molecule has 2 aromatic carbocycles. The number of nitrogens with one attached hydrogen (secondary N) is 2. The van der Waals surface area contributed by atoms with Crippen LogP contribution in [0.25, 0.3) is 6.08 Å². The van der Waals surface area contributed by atoms with Crippen molar-refractivity contribution >= 4 is 46.4 Å². The monoisotopic (exact) mass is 461 g/mol. The van der Waals surface area contributed by atoms with Crippen molar-refractivity contribution in [3.63, 3.8) is 0 Å². The van der Waals surface area contributed by atoms with E-state index < -0.39 is 18.2 Å². The van der Waals surface area contributed by atoms with Crippen molar-refractivity contribution in [3.8, 4) is 0 Å². The average molecular weight is 462 g/mol. The largest absolute Gasteiger partial charge is 0.383 e. The van der Waals surface area contributed by atoms with E-state index in [4.69, 9.17) is 11.6 Å². The van der Waals surface area contributed by atoms with Gasteiger partial charge in [0.15, 0.2) is 6.23 Å². The number of hydrogen-bond donors (Lipinski definition) is 4. The van der Waals surface area contributed by atoms with Crippen molar-refractivity contribution < 1.29 is 15.0 Å². The predicted octanol–water partition coefficient (Wildman–Crippen LogP) is 3.41. The average Bonchev–Trinajstić information content (AvgIpc) is 2.84. The van der Waals surface area contributed by atoms with Gasteiger partial charge in [-0.1, -0.05) is 48.0 Å². The first kappa shape index (κ1) is 22.3. The number of aliphatic imine (C=N–C) groups is 1. The molecule has 2 unspecified atom stereocenters. The van der Waals surface area contributed by atoms with Crippen molar-refractivity contribution in [2.24, 2.45) is 10.1 Å². The smallest absolute Gasteiger partial charge is 0.271 e. The second-order valence-electron chi connectivity index (χ2n) is 7.09. The second kappa shape index (κ2) is 10.2. The summed E-state index contributed by atoms with van der Waals surface area (Å²) in [6.07, 6.45) is 3.62. The van der Waals surface area contributed by atoms with E-state index >= 15 is 0 Å². The van der Waals surface area contributed by atoms with E-state index in [1.807, 2.05) is 30.3 Å². The molecule has 0 spiro atoms. The summed E-state index contributed by atoms with van der Waals surface area (Å²) in [4.78, 5) is 20.8. The number of halogens is 1. The van der Waals surface area contributed by atoms with E-state index in [1.165, 1.54) is 30.6 Å². The van der Waals surface area contributed by atoms with Crippen LogP contribution in [0.15, 0.2) is 89.2 Å². The van der Waals surface area contributed by atoms with Crippen LogP contribution in [0.1, 0.15) is 15.9 Å². The zero-order valence-corrected chi connectivity index (χ0v) is 18.0. The number of pyridine rings is 1. The number of benzene rings is 2. The van der Waals surface area contributed by atoms with Crippen molar-refractivity contribution in [3.05, 3.63) is 95.3 Å². The second-order valence-corrected chi connectivity index (χ2v) is 7.53. The minimum atomic E-state index is -1.28. The first-order chi connectivity index (χ1) is 16.0. The summed E-state index contributed by atoms with van der Waals surface area (Å²) in [5.74, 6) is -0.500. The fourth-order valence-electron chi connectivity index (χ4n) is 3.14. The van der Waals surface area contributed by atoms with Crippen LogP contribution in [0.3, 0.4) is 0 Å². The highest BCUT2D eigenvalue weighted by Gasteiger charge is 2.28. The van der Waals surface area contributed by atoms with Gasteiger partial charge in [0.1, 0.15) is 17.5 Å². The molecule has 33 heavy (non-hydrogen) atoms. The van der Waals surface area contributed by atoms with Gasteiger partial charge in [0.05, 0.1) is 11.4 Å². The van der Waals surface area contributed by atoms with Gasteiger partial charge in [-0.05, 0) is 42.0 Å². The molecule has 2 atom stereocenters. The van der Waals surface area contributed by atoms with E-state index in [2.05, 4.69) is 25.8 Å². The Morgan fingerprint density at radius 2 is 1.91 bits per heavy atom. The lowest BCUT2D eigenvalue weighted by molar-refractivity contribution is 0.0954. The molecule has 1 aromatic heterocycles. The van der Waals surface area contributed by atoms with Gasteiger partial charge in [0.25, 0.3) is 5.91 Å². The van der Waals surface area contributed by atoms with Crippen molar-refractivity contribution in [2.45, 2.75) is 12.3 Å². The number of carbonyl (C=O) groups is 1. The third-order valence-electron chi connectivity index (χ3n) is 4.78. The van der Waals surface area contributed by atoms with Crippen LogP contribution in [0, 0.1) is 0 Å². The van der Waals surface area contributed by atoms with E-state index in [9.17, 15) is 15.0 Å². The molecule has 0 bridgehead atoms. The van der Waals surface area contributed by atoms with E-state index in [-0.39, 0.29) is 11.4 Å². The number of aliphatic hydroxyl groups is 2. The lowest BCUT2D eigenvalue weighted by Gasteiger charge is -2.25. The molecule has 4 N–H and O–H groups in total. The number of hydrogen-bond acceptors (Lipinski definition) is 7. The topological polar surface area (TPSA) is 119 Å². The third kappa shape index (κ3) is 5.50. The van der Waals surface area contributed by atoms with Gasteiger partial charge in [-0.15, -0.1) is 0 Å². The number of fused-ring (bicyclic) bond motifs is 1. The molecule has 0 fully saturated rings. The fourth-order valence-corrected chi connectivity index (χ4v) is 3.31. The van der Waals surface area contributed by atoms with Gasteiger partial charge in [0.2, 0.25) is 0 Å². The Labute approximate surface area is 195 Å². The molecule has 1 amide bonds. The molecule has 1 aliphatic heterocycles. The fraction of sp³-hybridized carbons (Fsp3) is 0.0833. The summed E-state index contributed by atoms with van der Waals surface area (Å²) in [5.41, 5.74) is 4.70. The Morgan fingerprint density at radius 1 is 1.15 bits per heavy atom. The molecule has 4 rings (SSSR count). The highest BCUT2D eigenvalue weighted by atomic mass is 35.5. The van der Waals surface area contributed by atoms with Gasteiger partial charge in [0, 0.05) is 23.0 Å². The molecule has 0 radical (unpaired) electrons. The molecular weight excluding hydrogens is 442 g/mol. The highest BCUT2D eigenvalue weighted by molar-refractivity contribution is 6.47. The third-order valence-corrected chi connectivity index (χ3v) is 5.02. The number of aliphatic hydroxyl groups excluding tert-OH is 2. The van der Waals surface area contributed by atoms with Gasteiger partial charge in [-0.2, -0.15) is 5.10 Å². The van der Waals surface area contributed by atoms with Crippen LogP contribution in [0.2, 0.25) is 5.02 Å². The van der Waals surface area contributed by atoms with Gasteiger partial charge in [-0.3, -0.25) is 9.78 Å². The van der Waals surface area contributed by atoms with E-state index in [0.29, 0.717) is 22.0 Å². The lowest BCUT2D eigenvalue weighted by Crippen LogP contribution is -2.42. The maximum Gasteiger partial charge on any atom is 0.271 e. The van der Waals surface area contributed by atoms with Crippen LogP contribution < -0.4 is 10.7 Å². The first-order valence-electron chi connectivity index (χ1n) is 10.0. The number of rotatable bonds is 6. The molecule has 9 heteroatoms. The summed E-state index contributed by atoms with van der Waals surface area (Å²) in [7, 11) is 0. The summed E-state index contributed by atoms with van der Waals surface area (Å²) < 4.78 is 0. The Kier molecular flexibility index (Phi) is 6.89. The quantitative estimate of drug-likeness (QED) is 0.331. The maximum absolute atomic E-state index is 12.5. The minimum Gasteiger partial charge on any atom is -0.383 e. The molecule has 8 nitrogen and oxygen atoms in total. The number of nitrogens with zero attached hydrogens (tertiary/aromatic N) is 3. The number of hydrazone groups is 1. The van der Waals surface area contributed by atoms with Crippen LogP contribution in [0.4, 0.5) is 11.4 Å². The Bertz CT molecular complexity index is 1230. The highest BCUT2D eigenvalue weighted by Crippen LogP contribution is 2.32. The number of anilines is 1. The standard InChI is InChI=1S/C24H20ClN5O3/c25-17-7-8-18-19(14-17)28-24(33)22(27-18)21(20(31)9-6-15-4-2-1-3-5-15)29-30-23(32)16-10-12-26-13-11-16/h1-14,20,24,28,31,33H,(H,30,32). The minimum absolute atomic E-state index is 0.0230. The van der Waals surface area contributed by atoms with Crippen LogP contribution in [-0.4, -0.2) is 44.9 Å². The Balaban J connectivity index is 1.68. The molecular formula is C24H20ClN5O3. The number of amides is 1. The molecule has 3 aromatic rings. The number of aromatic nitrogens is 1. The van der Waals surface area contributed by atoms with Gasteiger partial charge < -0.3 is 15.5 Å². The summed E-state index contributed by atoms with van der Waals surface area (Å²) in [6.45, 7) is 0. The molecule has 1 aliphatic rings. The normalized spacial score (nSPS) is 16.5. The van der Waals surface area contributed by atoms with Gasteiger partial charge >= 0.3 is 0 Å². The summed E-state index contributed by atoms with van der Waals surface area (Å²) in [5, 5.41) is 29.0. The zero-order valence-electron chi connectivity index (χ0n) is 17.3. The van der Waals surface area contributed by atoms with E-state index in [1.54, 1.807) is 24.3 Å². The molecule has 0 saturated heterocycles. The zero-order chi connectivity index (χ0) is 23.2. The summed E-state index contributed by atoms with van der Waals surface area (Å²) >= 11 is 6.02.